The number of nitrogens with one attached hydrogen (secondary N) is 2. The first-order chi connectivity index (χ1) is 13.0. The molecule has 0 aliphatic carbocycles. The third-order valence-electron chi connectivity index (χ3n) is 3.95. The number of amidine groups is 1. The normalized spacial score (nSPS) is 10.7. The van der Waals surface area contributed by atoms with Crippen molar-refractivity contribution in [1.82, 2.24) is 9.88 Å². The Balaban J connectivity index is 1.67. The van der Waals surface area contributed by atoms with Crippen LogP contribution in [-0.4, -0.2) is 27.1 Å². The van der Waals surface area contributed by atoms with E-state index in [0.717, 1.165) is 15.8 Å². The van der Waals surface area contributed by atoms with Gasteiger partial charge in [-0.3, -0.25) is 20.3 Å². The summed E-state index contributed by atoms with van der Waals surface area (Å²) < 4.78 is 2.00. The number of nitrogens with zero attached hydrogens (tertiary/aromatic N) is 2. The lowest BCUT2D eigenvalue weighted by Crippen LogP contribution is -2.27. The van der Waals surface area contributed by atoms with Crippen LogP contribution in [0.4, 0.5) is 5.69 Å². The monoisotopic (exact) mass is 383 g/mol. The zero-order valence-corrected chi connectivity index (χ0v) is 15.0. The number of non-ortho nitro benzene ring substituents is 1. The highest BCUT2D eigenvalue weighted by molar-refractivity contribution is 8.13. The van der Waals surface area contributed by atoms with Crippen LogP contribution in [0.5, 0.6) is 0 Å². The van der Waals surface area contributed by atoms with E-state index in [1.54, 1.807) is 0 Å². The Morgan fingerprint density at radius 2 is 1.93 bits per heavy atom. The number of nitro groups is 1. The number of thioether (sulfide) groups is 1. The highest BCUT2D eigenvalue weighted by Crippen LogP contribution is 2.29. The third kappa shape index (κ3) is 4.26. The first kappa shape index (κ1) is 18.5. The van der Waals surface area contributed by atoms with E-state index in [2.05, 4.69) is 5.32 Å². The molecule has 4 N–H and O–H groups in total. The minimum absolute atomic E-state index is 0.0179. The fourth-order valence-electron chi connectivity index (χ4n) is 2.72. The van der Waals surface area contributed by atoms with Gasteiger partial charge >= 0.3 is 0 Å². The van der Waals surface area contributed by atoms with E-state index in [1.807, 2.05) is 35.0 Å². The Bertz CT molecular complexity index is 1010. The number of carbonyl (C=O) groups is 1. The van der Waals surface area contributed by atoms with Crippen LogP contribution in [0.2, 0.25) is 0 Å². The van der Waals surface area contributed by atoms with E-state index < -0.39 is 4.92 Å². The summed E-state index contributed by atoms with van der Waals surface area (Å²) in [5.74, 6) is -0.292. The van der Waals surface area contributed by atoms with Gasteiger partial charge in [0.2, 0.25) is 0 Å². The maximum absolute atomic E-state index is 12.2. The molecule has 0 bridgehead atoms. The molecule has 138 valence electrons. The topological polar surface area (TPSA) is 127 Å². The molecule has 27 heavy (non-hydrogen) atoms. The van der Waals surface area contributed by atoms with E-state index in [4.69, 9.17) is 11.1 Å². The highest BCUT2D eigenvalue weighted by Gasteiger charge is 2.11. The summed E-state index contributed by atoms with van der Waals surface area (Å²) in [7, 11) is 0. The lowest BCUT2D eigenvalue weighted by molar-refractivity contribution is -0.384. The molecule has 1 aromatic heterocycles. The van der Waals surface area contributed by atoms with Gasteiger partial charge in [0.05, 0.1) is 4.92 Å². The summed E-state index contributed by atoms with van der Waals surface area (Å²) in [5.41, 5.74) is 6.80. The number of benzene rings is 2. The van der Waals surface area contributed by atoms with Gasteiger partial charge in [-0.15, -0.1) is 0 Å². The van der Waals surface area contributed by atoms with Gasteiger partial charge in [0, 0.05) is 52.8 Å². The molecule has 0 fully saturated rings. The first-order valence-corrected chi connectivity index (χ1v) is 8.90. The summed E-state index contributed by atoms with van der Waals surface area (Å²) >= 11 is 1.19. The standard InChI is InChI=1S/C18H17N5O3S/c19-18(20)27-16-11-22(15-4-2-1-3-14(15)16)10-9-21-17(24)12-5-7-13(8-6-12)23(25)26/h1-8,11H,9-10H2,(H3,19,20)(H,21,24). The van der Waals surface area contributed by atoms with Crippen molar-refractivity contribution in [3.63, 3.8) is 0 Å². The van der Waals surface area contributed by atoms with Crippen molar-refractivity contribution in [3.8, 4) is 0 Å². The van der Waals surface area contributed by atoms with Crippen molar-refractivity contribution in [3.05, 3.63) is 70.4 Å². The number of amides is 1. The van der Waals surface area contributed by atoms with Crippen LogP contribution >= 0.6 is 11.8 Å². The number of rotatable bonds is 6. The van der Waals surface area contributed by atoms with Crippen molar-refractivity contribution in [2.24, 2.45) is 5.73 Å². The molecule has 0 aliphatic heterocycles. The molecule has 3 aromatic rings. The molecule has 3 rings (SSSR count). The maximum Gasteiger partial charge on any atom is 0.269 e. The van der Waals surface area contributed by atoms with Crippen LogP contribution in [0.25, 0.3) is 10.9 Å². The number of hydrogen-bond acceptors (Lipinski definition) is 5. The molecule has 0 spiro atoms. The van der Waals surface area contributed by atoms with Crippen molar-refractivity contribution >= 4 is 39.4 Å². The lowest BCUT2D eigenvalue weighted by Gasteiger charge is -2.07. The predicted octanol–water partition coefficient (Wildman–Crippen LogP) is 2.97. The minimum atomic E-state index is -0.504. The van der Waals surface area contributed by atoms with E-state index in [9.17, 15) is 14.9 Å². The smallest absolute Gasteiger partial charge is 0.269 e. The summed E-state index contributed by atoms with van der Waals surface area (Å²) in [5, 5.41) is 22.0. The summed E-state index contributed by atoms with van der Waals surface area (Å²) in [6, 6.07) is 13.3. The van der Waals surface area contributed by atoms with Crippen molar-refractivity contribution in [1.29, 1.82) is 5.41 Å². The van der Waals surface area contributed by atoms with Crippen LogP contribution in [0.15, 0.2) is 59.6 Å². The molecular formula is C18H17N5O3S. The molecule has 1 amide bonds. The molecule has 1 heterocycles. The number of hydrogen-bond donors (Lipinski definition) is 3. The van der Waals surface area contributed by atoms with E-state index in [-0.39, 0.29) is 16.8 Å². The Morgan fingerprint density at radius 1 is 1.22 bits per heavy atom. The second-order valence-corrected chi connectivity index (χ2v) is 6.81. The maximum atomic E-state index is 12.2. The molecule has 0 saturated heterocycles. The van der Waals surface area contributed by atoms with Gasteiger partial charge in [0.25, 0.3) is 11.6 Å². The lowest BCUT2D eigenvalue weighted by atomic mass is 10.2. The second-order valence-electron chi connectivity index (χ2n) is 5.73. The van der Waals surface area contributed by atoms with Crippen LogP contribution < -0.4 is 11.1 Å². The summed E-state index contributed by atoms with van der Waals surface area (Å²) in [6.07, 6.45) is 1.91. The van der Waals surface area contributed by atoms with Crippen LogP contribution in [0.3, 0.4) is 0 Å². The second kappa shape index (κ2) is 7.92. The van der Waals surface area contributed by atoms with Gasteiger partial charge in [0.1, 0.15) is 0 Å². The quantitative estimate of drug-likeness (QED) is 0.198. The van der Waals surface area contributed by atoms with Gasteiger partial charge in [-0.2, -0.15) is 0 Å². The average molecular weight is 383 g/mol. The minimum Gasteiger partial charge on any atom is -0.378 e. The van der Waals surface area contributed by atoms with Gasteiger partial charge in [0.15, 0.2) is 5.17 Å². The molecule has 8 nitrogen and oxygen atoms in total. The third-order valence-corrected chi connectivity index (χ3v) is 4.72. The molecule has 0 radical (unpaired) electrons. The molecule has 0 atom stereocenters. The van der Waals surface area contributed by atoms with Crippen LogP contribution in [0, 0.1) is 15.5 Å². The molecule has 2 aromatic carbocycles. The molecular weight excluding hydrogens is 366 g/mol. The Morgan fingerprint density at radius 3 is 2.59 bits per heavy atom. The fraction of sp³-hybridized carbons (Fsp3) is 0.111. The molecule has 0 unspecified atom stereocenters. The van der Waals surface area contributed by atoms with Gasteiger partial charge in [-0.05, 0) is 18.2 Å². The number of carbonyl (C=O) groups excluding carboxylic acids is 1. The van der Waals surface area contributed by atoms with Crippen molar-refractivity contribution in [2.75, 3.05) is 6.54 Å². The van der Waals surface area contributed by atoms with Gasteiger partial charge < -0.3 is 15.6 Å². The largest absolute Gasteiger partial charge is 0.378 e. The van der Waals surface area contributed by atoms with Crippen LogP contribution in [-0.2, 0) is 6.54 Å². The highest BCUT2D eigenvalue weighted by atomic mass is 32.2. The van der Waals surface area contributed by atoms with E-state index in [1.165, 1.54) is 36.0 Å². The van der Waals surface area contributed by atoms with Gasteiger partial charge in [-0.1, -0.05) is 30.0 Å². The van der Waals surface area contributed by atoms with Crippen molar-refractivity contribution < 1.29 is 9.72 Å². The Kier molecular flexibility index (Phi) is 5.41. The number of fused-ring (bicyclic) bond motifs is 1. The van der Waals surface area contributed by atoms with E-state index in [0.29, 0.717) is 18.7 Å². The summed E-state index contributed by atoms with van der Waals surface area (Å²) in [6.45, 7) is 0.927. The SMILES string of the molecule is N=C(N)Sc1cn(CCNC(=O)c2ccc([N+](=O)[O-])cc2)c2ccccc12. The Hall–Kier alpha value is -3.33. The average Bonchev–Trinajstić information content (AvgIpc) is 2.99. The zero-order chi connectivity index (χ0) is 19.4. The predicted molar refractivity (Wildman–Crippen MR) is 105 cm³/mol. The molecule has 0 saturated carbocycles. The summed E-state index contributed by atoms with van der Waals surface area (Å²) in [4.78, 5) is 23.2. The number of aromatic nitrogens is 1. The van der Waals surface area contributed by atoms with E-state index >= 15 is 0 Å². The number of para-hydroxylation sites is 1. The molecule has 9 heteroatoms. The van der Waals surface area contributed by atoms with Crippen molar-refractivity contribution in [2.45, 2.75) is 11.4 Å². The number of nitrogens with two attached hydrogens (primary N) is 1. The van der Waals surface area contributed by atoms with Crippen LogP contribution in [0.1, 0.15) is 10.4 Å². The van der Waals surface area contributed by atoms with Gasteiger partial charge in [-0.25, -0.2) is 0 Å². The number of nitro benzene ring substituents is 1. The first-order valence-electron chi connectivity index (χ1n) is 8.08. The zero-order valence-electron chi connectivity index (χ0n) is 14.2. The molecule has 0 aliphatic rings. The fourth-order valence-corrected chi connectivity index (χ4v) is 3.42. The Labute approximate surface area is 159 Å².